The first-order valence-electron chi connectivity index (χ1n) is 5.54. The number of anilines is 2. The summed E-state index contributed by atoms with van der Waals surface area (Å²) in [5.41, 5.74) is 7.29. The van der Waals surface area contributed by atoms with E-state index in [1.165, 1.54) is 6.92 Å². The van der Waals surface area contributed by atoms with Gasteiger partial charge < -0.3 is 11.1 Å². The van der Waals surface area contributed by atoms with Gasteiger partial charge in [-0.25, -0.2) is 0 Å². The number of nitrogen functional groups attached to an aromatic ring is 1. The molecule has 0 bridgehead atoms. The van der Waals surface area contributed by atoms with Gasteiger partial charge in [-0.1, -0.05) is 17.8 Å². The van der Waals surface area contributed by atoms with Crippen LogP contribution in [-0.2, 0) is 4.79 Å². The second-order valence-corrected chi connectivity index (χ2v) is 5.03. The van der Waals surface area contributed by atoms with Crippen LogP contribution in [0.15, 0.2) is 58.3 Å². The largest absolute Gasteiger partial charge is 0.399 e. The Bertz CT molecular complexity index is 552. The first-order chi connectivity index (χ1) is 8.63. The summed E-state index contributed by atoms with van der Waals surface area (Å²) in [7, 11) is 0. The molecule has 18 heavy (non-hydrogen) atoms. The highest BCUT2D eigenvalue weighted by atomic mass is 32.2. The summed E-state index contributed by atoms with van der Waals surface area (Å²) >= 11 is 1.64. The molecule has 4 heteroatoms. The summed E-state index contributed by atoms with van der Waals surface area (Å²) in [5.74, 6) is -0.0637. The molecule has 3 nitrogen and oxygen atoms in total. The molecule has 0 spiro atoms. The maximum Gasteiger partial charge on any atom is 0.221 e. The molecule has 0 aliphatic rings. The molecule has 1 amide bonds. The van der Waals surface area contributed by atoms with Gasteiger partial charge in [0.15, 0.2) is 0 Å². The lowest BCUT2D eigenvalue weighted by Crippen LogP contribution is -2.05. The molecular formula is C14H14N2OS. The van der Waals surface area contributed by atoms with Crippen molar-refractivity contribution in [2.24, 2.45) is 0 Å². The lowest BCUT2D eigenvalue weighted by Gasteiger charge is -2.05. The zero-order valence-electron chi connectivity index (χ0n) is 10.0. The first kappa shape index (κ1) is 12.5. The van der Waals surface area contributed by atoms with E-state index in [9.17, 15) is 4.79 Å². The second-order valence-electron chi connectivity index (χ2n) is 3.88. The Balaban J connectivity index is 2.08. The molecule has 2 rings (SSSR count). The van der Waals surface area contributed by atoms with E-state index in [1.807, 2.05) is 48.5 Å². The number of hydrogen-bond donors (Lipinski definition) is 2. The first-order valence-corrected chi connectivity index (χ1v) is 6.36. The second kappa shape index (κ2) is 5.60. The van der Waals surface area contributed by atoms with E-state index in [0.717, 1.165) is 21.2 Å². The number of rotatable bonds is 3. The van der Waals surface area contributed by atoms with Gasteiger partial charge in [-0.3, -0.25) is 4.79 Å². The third kappa shape index (κ3) is 3.53. The lowest BCUT2D eigenvalue weighted by molar-refractivity contribution is -0.114. The van der Waals surface area contributed by atoms with Gasteiger partial charge in [-0.2, -0.15) is 0 Å². The molecule has 0 radical (unpaired) electrons. The molecule has 2 aromatic rings. The molecule has 0 fully saturated rings. The zero-order chi connectivity index (χ0) is 13.0. The number of nitrogens with one attached hydrogen (secondary N) is 1. The molecule has 0 aliphatic carbocycles. The summed E-state index contributed by atoms with van der Waals surface area (Å²) in [4.78, 5) is 13.1. The van der Waals surface area contributed by atoms with Crippen molar-refractivity contribution in [1.82, 2.24) is 0 Å². The van der Waals surface area contributed by atoms with Crippen molar-refractivity contribution in [1.29, 1.82) is 0 Å². The van der Waals surface area contributed by atoms with Gasteiger partial charge in [-0.05, 0) is 42.5 Å². The Hall–Kier alpha value is -1.94. The SMILES string of the molecule is CC(=O)Nc1ccc(Sc2cccc(N)c2)cc1. The van der Waals surface area contributed by atoms with Crippen LogP contribution in [0.25, 0.3) is 0 Å². The Morgan fingerprint density at radius 2 is 1.83 bits per heavy atom. The van der Waals surface area contributed by atoms with E-state index in [2.05, 4.69) is 5.32 Å². The minimum Gasteiger partial charge on any atom is -0.399 e. The average Bonchev–Trinajstić information content (AvgIpc) is 2.31. The molecule has 0 saturated heterocycles. The van der Waals surface area contributed by atoms with Gasteiger partial charge in [-0.15, -0.1) is 0 Å². The Kier molecular flexibility index (Phi) is 3.89. The molecule has 92 valence electrons. The van der Waals surface area contributed by atoms with Gasteiger partial charge in [0, 0.05) is 28.1 Å². The van der Waals surface area contributed by atoms with Crippen LogP contribution in [0.3, 0.4) is 0 Å². The standard InChI is InChI=1S/C14H14N2OS/c1-10(17)16-12-5-7-13(8-6-12)18-14-4-2-3-11(15)9-14/h2-9H,15H2,1H3,(H,16,17). The van der Waals surface area contributed by atoms with Crippen LogP contribution in [0.1, 0.15) is 6.92 Å². The fourth-order valence-electron chi connectivity index (χ4n) is 1.52. The zero-order valence-corrected chi connectivity index (χ0v) is 10.8. The van der Waals surface area contributed by atoms with Crippen molar-refractivity contribution in [2.45, 2.75) is 16.7 Å². The van der Waals surface area contributed by atoms with Gasteiger partial charge in [0.25, 0.3) is 0 Å². The molecule has 0 aromatic heterocycles. The van der Waals surface area contributed by atoms with E-state index in [-0.39, 0.29) is 5.91 Å². The van der Waals surface area contributed by atoms with Crippen molar-refractivity contribution >= 4 is 29.0 Å². The molecule has 2 aromatic carbocycles. The number of carbonyl (C=O) groups excluding carboxylic acids is 1. The highest BCUT2D eigenvalue weighted by Gasteiger charge is 1.99. The normalized spacial score (nSPS) is 10.1. The summed E-state index contributed by atoms with van der Waals surface area (Å²) in [6.45, 7) is 1.50. The monoisotopic (exact) mass is 258 g/mol. The fraction of sp³-hybridized carbons (Fsp3) is 0.0714. The molecular weight excluding hydrogens is 244 g/mol. The van der Waals surface area contributed by atoms with Crippen LogP contribution < -0.4 is 11.1 Å². The predicted octanol–water partition coefficient (Wildman–Crippen LogP) is 3.38. The third-order valence-corrected chi connectivity index (χ3v) is 3.27. The molecule has 0 heterocycles. The number of amides is 1. The van der Waals surface area contributed by atoms with Gasteiger partial charge in [0.2, 0.25) is 5.91 Å². The number of benzene rings is 2. The maximum atomic E-state index is 10.9. The van der Waals surface area contributed by atoms with Crippen LogP contribution >= 0.6 is 11.8 Å². The van der Waals surface area contributed by atoms with Crippen molar-refractivity contribution in [3.8, 4) is 0 Å². The summed E-state index contributed by atoms with van der Waals surface area (Å²) < 4.78 is 0. The average molecular weight is 258 g/mol. The minimum absolute atomic E-state index is 0.0637. The van der Waals surface area contributed by atoms with Crippen LogP contribution in [0, 0.1) is 0 Å². The maximum absolute atomic E-state index is 10.9. The molecule has 0 unspecified atom stereocenters. The van der Waals surface area contributed by atoms with Gasteiger partial charge in [0.1, 0.15) is 0 Å². The predicted molar refractivity (Wildman–Crippen MR) is 75.7 cm³/mol. The third-order valence-electron chi connectivity index (χ3n) is 2.27. The fourth-order valence-corrected chi connectivity index (χ4v) is 2.41. The van der Waals surface area contributed by atoms with E-state index < -0.39 is 0 Å². The number of hydrogen-bond acceptors (Lipinski definition) is 3. The van der Waals surface area contributed by atoms with Crippen molar-refractivity contribution in [2.75, 3.05) is 11.1 Å². The van der Waals surface area contributed by atoms with E-state index in [1.54, 1.807) is 11.8 Å². The summed E-state index contributed by atoms with van der Waals surface area (Å²) in [5, 5.41) is 2.74. The lowest BCUT2D eigenvalue weighted by atomic mass is 10.3. The van der Waals surface area contributed by atoms with Crippen LogP contribution in [0.2, 0.25) is 0 Å². The van der Waals surface area contributed by atoms with Crippen molar-refractivity contribution in [3.63, 3.8) is 0 Å². The van der Waals surface area contributed by atoms with Crippen molar-refractivity contribution < 1.29 is 4.79 Å². The van der Waals surface area contributed by atoms with Crippen LogP contribution in [0.5, 0.6) is 0 Å². The Morgan fingerprint density at radius 1 is 1.11 bits per heavy atom. The van der Waals surface area contributed by atoms with E-state index >= 15 is 0 Å². The van der Waals surface area contributed by atoms with E-state index in [0.29, 0.717) is 0 Å². The molecule has 0 atom stereocenters. The Labute approximate surface area is 110 Å². The highest BCUT2D eigenvalue weighted by molar-refractivity contribution is 7.99. The van der Waals surface area contributed by atoms with Crippen molar-refractivity contribution in [3.05, 3.63) is 48.5 Å². The molecule has 0 saturated carbocycles. The van der Waals surface area contributed by atoms with Crippen LogP contribution in [-0.4, -0.2) is 5.91 Å². The summed E-state index contributed by atoms with van der Waals surface area (Å²) in [6, 6.07) is 15.5. The molecule has 0 aliphatic heterocycles. The summed E-state index contributed by atoms with van der Waals surface area (Å²) in [6.07, 6.45) is 0. The Morgan fingerprint density at radius 3 is 2.44 bits per heavy atom. The molecule has 3 N–H and O–H groups in total. The smallest absolute Gasteiger partial charge is 0.221 e. The highest BCUT2D eigenvalue weighted by Crippen LogP contribution is 2.29. The van der Waals surface area contributed by atoms with E-state index in [4.69, 9.17) is 5.73 Å². The van der Waals surface area contributed by atoms with Gasteiger partial charge >= 0.3 is 0 Å². The topological polar surface area (TPSA) is 55.1 Å². The van der Waals surface area contributed by atoms with Gasteiger partial charge in [0.05, 0.1) is 0 Å². The number of carbonyl (C=O) groups is 1. The minimum atomic E-state index is -0.0637. The van der Waals surface area contributed by atoms with Crippen LogP contribution in [0.4, 0.5) is 11.4 Å². The quantitative estimate of drug-likeness (QED) is 0.830. The number of nitrogens with two attached hydrogens (primary N) is 1.